The summed E-state index contributed by atoms with van der Waals surface area (Å²) in [5.74, 6) is -0.0310. The van der Waals surface area contributed by atoms with E-state index in [1.165, 1.54) is 0 Å². The zero-order valence-corrected chi connectivity index (χ0v) is 14.2. The number of nitrogens with one attached hydrogen (secondary N) is 1. The molecule has 0 atom stereocenters. The molecule has 1 aliphatic heterocycles. The minimum absolute atomic E-state index is 0.0310. The molecule has 20 heavy (non-hydrogen) atoms. The van der Waals surface area contributed by atoms with Crippen LogP contribution in [0.3, 0.4) is 0 Å². The third kappa shape index (κ3) is 3.96. The number of carbonyl (C=O) groups is 1. The van der Waals surface area contributed by atoms with Gasteiger partial charge >= 0.3 is 0 Å². The summed E-state index contributed by atoms with van der Waals surface area (Å²) in [6.45, 7) is 6.52. The first kappa shape index (κ1) is 15.8. The van der Waals surface area contributed by atoms with Crippen molar-refractivity contribution in [1.82, 2.24) is 10.2 Å². The third-order valence-electron chi connectivity index (χ3n) is 3.77. The number of halogens is 2. The molecule has 2 rings (SSSR count). The van der Waals surface area contributed by atoms with Gasteiger partial charge in [0, 0.05) is 34.7 Å². The van der Waals surface area contributed by atoms with Crippen LogP contribution in [0.1, 0.15) is 37.0 Å². The molecule has 0 radical (unpaired) electrons. The van der Waals surface area contributed by atoms with Gasteiger partial charge in [0.15, 0.2) is 0 Å². The maximum Gasteiger partial charge on any atom is 0.252 e. The summed E-state index contributed by atoms with van der Waals surface area (Å²) in [5.41, 5.74) is 0.640. The standard InChI is InChI=1S/C15H20BrClN2O/c1-10(2)19-7-5-12(6-8-19)18-15(20)13-4-3-11(17)9-14(13)16/h3-4,9-10,12H,5-8H2,1-2H3,(H,18,20). The van der Waals surface area contributed by atoms with E-state index in [0.717, 1.165) is 30.4 Å². The zero-order valence-electron chi connectivity index (χ0n) is 11.8. The monoisotopic (exact) mass is 358 g/mol. The van der Waals surface area contributed by atoms with E-state index >= 15 is 0 Å². The number of hydrogen-bond acceptors (Lipinski definition) is 2. The molecule has 5 heteroatoms. The van der Waals surface area contributed by atoms with Crippen molar-refractivity contribution in [2.45, 2.75) is 38.8 Å². The molecule has 0 unspecified atom stereocenters. The van der Waals surface area contributed by atoms with Crippen molar-refractivity contribution in [2.24, 2.45) is 0 Å². The van der Waals surface area contributed by atoms with E-state index in [2.05, 4.69) is 40.0 Å². The minimum atomic E-state index is -0.0310. The van der Waals surface area contributed by atoms with Gasteiger partial charge in [-0.25, -0.2) is 0 Å². The van der Waals surface area contributed by atoms with Crippen molar-refractivity contribution in [1.29, 1.82) is 0 Å². The Bertz CT molecular complexity index is 485. The predicted octanol–water partition coefficient (Wildman–Crippen LogP) is 3.71. The van der Waals surface area contributed by atoms with Crippen LogP contribution in [0.2, 0.25) is 5.02 Å². The fraction of sp³-hybridized carbons (Fsp3) is 0.533. The molecule has 1 amide bonds. The van der Waals surface area contributed by atoms with Crippen LogP contribution >= 0.6 is 27.5 Å². The lowest BCUT2D eigenvalue weighted by Crippen LogP contribution is -2.46. The fourth-order valence-electron chi connectivity index (χ4n) is 2.50. The molecule has 1 heterocycles. The highest BCUT2D eigenvalue weighted by molar-refractivity contribution is 9.10. The number of nitrogens with zero attached hydrogens (tertiary/aromatic N) is 1. The molecule has 1 saturated heterocycles. The second-order valence-electron chi connectivity index (χ2n) is 5.50. The molecule has 0 spiro atoms. The Kier molecular flexibility index (Phi) is 5.47. The van der Waals surface area contributed by atoms with Gasteiger partial charge in [-0.1, -0.05) is 11.6 Å². The van der Waals surface area contributed by atoms with Crippen LogP contribution < -0.4 is 5.32 Å². The Morgan fingerprint density at radius 3 is 2.60 bits per heavy atom. The molecule has 0 aromatic heterocycles. The summed E-state index contributed by atoms with van der Waals surface area (Å²) in [7, 11) is 0. The average Bonchev–Trinajstić information content (AvgIpc) is 2.39. The first-order chi connectivity index (χ1) is 9.47. The van der Waals surface area contributed by atoms with E-state index in [1.807, 2.05) is 0 Å². The van der Waals surface area contributed by atoms with Gasteiger partial charge in [0.25, 0.3) is 5.91 Å². The molecule has 1 fully saturated rings. The van der Waals surface area contributed by atoms with Gasteiger partial charge in [0.05, 0.1) is 5.56 Å². The van der Waals surface area contributed by atoms with E-state index in [4.69, 9.17) is 11.6 Å². The van der Waals surface area contributed by atoms with Crippen molar-refractivity contribution in [3.63, 3.8) is 0 Å². The number of hydrogen-bond donors (Lipinski definition) is 1. The molecule has 3 nitrogen and oxygen atoms in total. The van der Waals surface area contributed by atoms with E-state index in [0.29, 0.717) is 16.6 Å². The van der Waals surface area contributed by atoms with Crippen LogP contribution in [0.25, 0.3) is 0 Å². The van der Waals surface area contributed by atoms with Crippen molar-refractivity contribution in [3.05, 3.63) is 33.3 Å². The molecule has 0 bridgehead atoms. The molecule has 1 aromatic rings. The van der Waals surface area contributed by atoms with E-state index in [-0.39, 0.29) is 11.9 Å². The smallest absolute Gasteiger partial charge is 0.252 e. The Morgan fingerprint density at radius 2 is 2.05 bits per heavy atom. The summed E-state index contributed by atoms with van der Waals surface area (Å²) in [6.07, 6.45) is 2.02. The normalized spacial score (nSPS) is 17.4. The second-order valence-corrected chi connectivity index (χ2v) is 6.79. The minimum Gasteiger partial charge on any atom is -0.349 e. The highest BCUT2D eigenvalue weighted by Crippen LogP contribution is 2.22. The van der Waals surface area contributed by atoms with Gasteiger partial charge in [-0.2, -0.15) is 0 Å². The van der Waals surface area contributed by atoms with E-state index in [9.17, 15) is 4.79 Å². The maximum atomic E-state index is 12.3. The molecular weight excluding hydrogens is 340 g/mol. The maximum absolute atomic E-state index is 12.3. The van der Waals surface area contributed by atoms with Crippen LogP contribution in [-0.2, 0) is 0 Å². The van der Waals surface area contributed by atoms with Crippen LogP contribution in [0.15, 0.2) is 22.7 Å². The largest absolute Gasteiger partial charge is 0.349 e. The quantitative estimate of drug-likeness (QED) is 0.892. The first-order valence-corrected chi connectivity index (χ1v) is 8.14. The lowest BCUT2D eigenvalue weighted by molar-refractivity contribution is 0.0900. The molecular formula is C15H20BrClN2O. The summed E-state index contributed by atoms with van der Waals surface area (Å²) >= 11 is 9.28. The van der Waals surface area contributed by atoms with Crippen molar-refractivity contribution < 1.29 is 4.79 Å². The molecule has 0 aliphatic carbocycles. The Morgan fingerprint density at radius 1 is 1.40 bits per heavy atom. The van der Waals surface area contributed by atoms with Gasteiger partial charge in [-0.15, -0.1) is 0 Å². The van der Waals surface area contributed by atoms with Gasteiger partial charge in [-0.3, -0.25) is 4.79 Å². The number of likely N-dealkylation sites (tertiary alicyclic amines) is 1. The molecule has 110 valence electrons. The van der Waals surface area contributed by atoms with Gasteiger partial charge in [0.1, 0.15) is 0 Å². The fourth-order valence-corrected chi connectivity index (χ4v) is 3.36. The molecule has 1 N–H and O–H groups in total. The summed E-state index contributed by atoms with van der Waals surface area (Å²) < 4.78 is 0.738. The highest BCUT2D eigenvalue weighted by atomic mass is 79.9. The molecule has 1 aliphatic rings. The SMILES string of the molecule is CC(C)N1CCC(NC(=O)c2ccc(Cl)cc2Br)CC1. The number of piperidine rings is 1. The van der Waals surface area contributed by atoms with E-state index < -0.39 is 0 Å². The van der Waals surface area contributed by atoms with Gasteiger partial charge in [0.2, 0.25) is 0 Å². The van der Waals surface area contributed by atoms with Gasteiger partial charge in [-0.05, 0) is 60.8 Å². The zero-order chi connectivity index (χ0) is 14.7. The Hall–Kier alpha value is -0.580. The van der Waals surface area contributed by atoms with Crippen LogP contribution in [0.5, 0.6) is 0 Å². The first-order valence-electron chi connectivity index (χ1n) is 6.97. The number of carbonyl (C=O) groups excluding carboxylic acids is 1. The average molecular weight is 360 g/mol. The lowest BCUT2D eigenvalue weighted by atomic mass is 10.0. The highest BCUT2D eigenvalue weighted by Gasteiger charge is 2.23. The number of rotatable bonds is 3. The van der Waals surface area contributed by atoms with Crippen LogP contribution in [0.4, 0.5) is 0 Å². The van der Waals surface area contributed by atoms with E-state index in [1.54, 1.807) is 18.2 Å². The van der Waals surface area contributed by atoms with Crippen LogP contribution in [0, 0.1) is 0 Å². The van der Waals surface area contributed by atoms with Crippen molar-refractivity contribution in [3.8, 4) is 0 Å². The summed E-state index contributed by atoms with van der Waals surface area (Å²) in [6, 6.07) is 6.09. The van der Waals surface area contributed by atoms with Crippen molar-refractivity contribution >= 4 is 33.4 Å². The lowest BCUT2D eigenvalue weighted by Gasteiger charge is -2.34. The Labute approximate surface area is 133 Å². The Balaban J connectivity index is 1.92. The van der Waals surface area contributed by atoms with Crippen LogP contribution in [-0.4, -0.2) is 36.0 Å². The molecule has 0 saturated carbocycles. The van der Waals surface area contributed by atoms with Crippen molar-refractivity contribution in [2.75, 3.05) is 13.1 Å². The topological polar surface area (TPSA) is 32.3 Å². The summed E-state index contributed by atoms with van der Waals surface area (Å²) in [4.78, 5) is 14.7. The number of benzene rings is 1. The summed E-state index contributed by atoms with van der Waals surface area (Å²) in [5, 5.41) is 3.74. The number of amides is 1. The molecule has 1 aromatic carbocycles. The predicted molar refractivity (Wildman–Crippen MR) is 86.3 cm³/mol. The van der Waals surface area contributed by atoms with Gasteiger partial charge < -0.3 is 10.2 Å². The third-order valence-corrected chi connectivity index (χ3v) is 4.66. The second kappa shape index (κ2) is 6.92.